The first-order valence-corrected chi connectivity index (χ1v) is 25.4. The third-order valence-corrected chi connectivity index (χ3v) is 12.5. The van der Waals surface area contributed by atoms with Crippen molar-refractivity contribution in [2.45, 2.75) is 246 Å². The molecule has 0 unspecified atom stereocenters. The fourth-order valence-corrected chi connectivity index (χ4v) is 9.10. The Labute approximate surface area is 334 Å². The maximum absolute atomic E-state index is 8.52. The first-order valence-electron chi connectivity index (χ1n) is 24.0. The van der Waals surface area contributed by atoms with Gasteiger partial charge in [0.15, 0.2) is 0 Å². The summed E-state index contributed by atoms with van der Waals surface area (Å²) in [6, 6.07) is 0. The second kappa shape index (κ2) is 37.4. The second-order valence-corrected chi connectivity index (χ2v) is 18.3. The van der Waals surface area contributed by atoms with Crippen molar-refractivity contribution in [3.05, 3.63) is 0 Å². The molecular formula is C46H96N2O4S. The van der Waals surface area contributed by atoms with Crippen LogP contribution >= 0.6 is 0 Å². The molecule has 2 fully saturated rings. The molecule has 0 spiro atoms. The lowest BCUT2D eigenvalue weighted by molar-refractivity contribution is -0.932. The molecular weight excluding hydrogens is 677 g/mol. The molecule has 0 N–H and O–H groups in total. The van der Waals surface area contributed by atoms with E-state index in [4.69, 9.17) is 17.5 Å². The Balaban J connectivity index is 0.000000904. The van der Waals surface area contributed by atoms with E-state index in [-0.39, 0.29) is 0 Å². The third-order valence-electron chi connectivity index (χ3n) is 12.5. The quantitative estimate of drug-likeness (QED) is 0.0295. The molecule has 6 nitrogen and oxygen atoms in total. The van der Waals surface area contributed by atoms with E-state index in [9.17, 15) is 0 Å². The number of rotatable bonds is 32. The van der Waals surface area contributed by atoms with Gasteiger partial charge in [-0.2, -0.15) is 0 Å². The van der Waals surface area contributed by atoms with Crippen molar-refractivity contribution < 1.29 is 26.5 Å². The molecule has 2 saturated heterocycles. The molecule has 2 aliphatic rings. The maximum Gasteiger partial charge on any atom is 0.0786 e. The largest absolute Gasteiger partial charge is 0.759 e. The number of likely N-dealkylation sites (tertiary alicyclic amines) is 2. The van der Waals surface area contributed by atoms with E-state index in [1.165, 1.54) is 280 Å². The van der Waals surface area contributed by atoms with Gasteiger partial charge in [-0.25, -0.2) is 0 Å². The molecule has 0 saturated carbocycles. The Bertz CT molecular complexity index is 778. The van der Waals surface area contributed by atoms with Crippen molar-refractivity contribution in [2.75, 3.05) is 52.4 Å². The second-order valence-electron chi connectivity index (χ2n) is 17.5. The summed E-state index contributed by atoms with van der Waals surface area (Å²) in [6.07, 6.45) is 49.9. The van der Waals surface area contributed by atoms with E-state index in [1.807, 2.05) is 0 Å². The maximum atomic E-state index is 8.52. The molecule has 2 rings (SSSR count). The van der Waals surface area contributed by atoms with Crippen LogP contribution in [0, 0.1) is 0 Å². The summed E-state index contributed by atoms with van der Waals surface area (Å²) in [7, 11) is -5.17. The predicted octanol–water partition coefficient (Wildman–Crippen LogP) is 13.6. The lowest BCUT2D eigenvalue weighted by Crippen LogP contribution is -2.52. The van der Waals surface area contributed by atoms with Crippen molar-refractivity contribution in [2.24, 2.45) is 0 Å². The van der Waals surface area contributed by atoms with Gasteiger partial charge in [-0.3, -0.25) is 8.42 Å². The number of unbranched alkanes of at least 4 members (excludes halogenated alkanes) is 24. The monoisotopic (exact) mass is 773 g/mol. The number of hydrogen-bond donors (Lipinski definition) is 0. The number of piperidine rings is 2. The zero-order valence-corrected chi connectivity index (χ0v) is 37.5. The van der Waals surface area contributed by atoms with Crippen LogP contribution in [0.15, 0.2) is 0 Å². The number of quaternary nitrogens is 2. The average Bonchev–Trinajstić information content (AvgIpc) is 3.14. The summed E-state index contributed by atoms with van der Waals surface area (Å²) in [4.78, 5) is 0. The Morgan fingerprint density at radius 2 is 0.491 bits per heavy atom. The first-order chi connectivity index (χ1) is 25.7. The Morgan fingerprint density at radius 3 is 0.698 bits per heavy atom. The van der Waals surface area contributed by atoms with Crippen LogP contribution in [-0.4, -0.2) is 78.8 Å². The lowest BCUT2D eigenvalue weighted by Gasteiger charge is -2.42. The topological polar surface area (TPSA) is 80.3 Å². The van der Waals surface area contributed by atoms with Crippen molar-refractivity contribution in [3.8, 4) is 0 Å². The molecule has 0 amide bonds. The van der Waals surface area contributed by atoms with Gasteiger partial charge in [0.05, 0.1) is 52.4 Å². The molecule has 0 atom stereocenters. The Kier molecular flexibility index (Phi) is 37.2. The Hall–Kier alpha value is -0.210. The molecule has 0 aliphatic carbocycles. The van der Waals surface area contributed by atoms with Crippen molar-refractivity contribution in [3.63, 3.8) is 0 Å². The SMILES string of the molecule is CCCCCCCCCCCC[N+]1(CCCCCC)CCCCC1.CCCCCCCCCCCC[N+]1(CCCCCC)CCCCC1.O=S(=O)([O-])[O-]. The standard InChI is InChI=1S/2C23H48N.H2O4S/c2*1-3-5-7-9-10-11-12-13-14-17-21-24(20-16-8-6-4-2)22-18-15-19-23-24;1-5(2,3)4/h2*3-23H2,1-2H3;(H2,1,2,3,4)/q2*+1;/p-2. The minimum absolute atomic E-state index is 1.37. The van der Waals surface area contributed by atoms with Gasteiger partial charge in [-0.05, 0) is 89.9 Å². The van der Waals surface area contributed by atoms with Gasteiger partial charge in [0.1, 0.15) is 0 Å². The van der Waals surface area contributed by atoms with Crippen LogP contribution in [0.4, 0.5) is 0 Å². The van der Waals surface area contributed by atoms with Gasteiger partial charge >= 0.3 is 0 Å². The Morgan fingerprint density at radius 1 is 0.321 bits per heavy atom. The lowest BCUT2D eigenvalue weighted by atomic mass is 10.0. The van der Waals surface area contributed by atoms with Crippen molar-refractivity contribution in [1.29, 1.82) is 0 Å². The van der Waals surface area contributed by atoms with E-state index in [2.05, 4.69) is 27.7 Å². The normalized spacial score (nSPS) is 16.7. The highest BCUT2D eigenvalue weighted by Gasteiger charge is 2.29. The zero-order chi connectivity index (χ0) is 39.2. The highest BCUT2D eigenvalue weighted by Crippen LogP contribution is 2.24. The van der Waals surface area contributed by atoms with Crippen LogP contribution in [0.5, 0.6) is 0 Å². The van der Waals surface area contributed by atoms with E-state index in [0.717, 1.165) is 0 Å². The van der Waals surface area contributed by atoms with Gasteiger partial charge in [0.25, 0.3) is 0 Å². The van der Waals surface area contributed by atoms with Gasteiger partial charge in [-0.15, -0.1) is 0 Å². The van der Waals surface area contributed by atoms with Crippen LogP contribution in [0.2, 0.25) is 0 Å². The van der Waals surface area contributed by atoms with E-state index in [1.54, 1.807) is 0 Å². The fraction of sp³-hybridized carbons (Fsp3) is 1.00. The molecule has 0 aromatic heterocycles. The zero-order valence-electron chi connectivity index (χ0n) is 36.6. The molecule has 0 aromatic carbocycles. The molecule has 0 bridgehead atoms. The van der Waals surface area contributed by atoms with E-state index < -0.39 is 10.4 Å². The van der Waals surface area contributed by atoms with Crippen LogP contribution < -0.4 is 0 Å². The summed E-state index contributed by atoms with van der Waals surface area (Å²) in [5, 5.41) is 0. The molecule has 320 valence electrons. The molecule has 0 aromatic rings. The first kappa shape index (κ1) is 52.8. The van der Waals surface area contributed by atoms with Crippen LogP contribution in [0.25, 0.3) is 0 Å². The van der Waals surface area contributed by atoms with Crippen LogP contribution in [0.1, 0.15) is 246 Å². The molecule has 2 aliphatic heterocycles. The van der Waals surface area contributed by atoms with Gasteiger partial charge < -0.3 is 18.1 Å². The van der Waals surface area contributed by atoms with Gasteiger partial charge in [-0.1, -0.05) is 156 Å². The fourth-order valence-electron chi connectivity index (χ4n) is 9.10. The highest BCUT2D eigenvalue weighted by molar-refractivity contribution is 7.79. The summed E-state index contributed by atoms with van der Waals surface area (Å²) < 4.78 is 37.1. The minimum atomic E-state index is -5.17. The predicted molar refractivity (Wildman–Crippen MR) is 230 cm³/mol. The minimum Gasteiger partial charge on any atom is -0.759 e. The van der Waals surface area contributed by atoms with Gasteiger partial charge in [0, 0.05) is 10.4 Å². The summed E-state index contributed by atoms with van der Waals surface area (Å²) >= 11 is 0. The molecule has 7 heteroatoms. The van der Waals surface area contributed by atoms with Crippen molar-refractivity contribution in [1.82, 2.24) is 0 Å². The third kappa shape index (κ3) is 35.9. The summed E-state index contributed by atoms with van der Waals surface area (Å²) in [6.45, 7) is 21.2. The summed E-state index contributed by atoms with van der Waals surface area (Å²) in [5.41, 5.74) is 0. The summed E-state index contributed by atoms with van der Waals surface area (Å²) in [5.74, 6) is 0. The van der Waals surface area contributed by atoms with Gasteiger partial charge in [0.2, 0.25) is 0 Å². The number of nitrogens with zero attached hydrogens (tertiary/aromatic N) is 2. The number of hydrogen-bond acceptors (Lipinski definition) is 4. The highest BCUT2D eigenvalue weighted by atomic mass is 32.3. The smallest absolute Gasteiger partial charge is 0.0786 e. The average molecular weight is 773 g/mol. The molecule has 0 radical (unpaired) electrons. The van der Waals surface area contributed by atoms with E-state index >= 15 is 0 Å². The van der Waals surface area contributed by atoms with Crippen molar-refractivity contribution >= 4 is 10.4 Å². The van der Waals surface area contributed by atoms with E-state index in [0.29, 0.717) is 0 Å². The molecule has 2 heterocycles. The van der Waals surface area contributed by atoms with Crippen LogP contribution in [-0.2, 0) is 10.4 Å². The van der Waals surface area contributed by atoms with Crippen LogP contribution in [0.3, 0.4) is 0 Å². The molecule has 53 heavy (non-hydrogen) atoms.